The summed E-state index contributed by atoms with van der Waals surface area (Å²) in [6, 6.07) is 16.8. The molecule has 0 atom stereocenters. The zero-order valence-corrected chi connectivity index (χ0v) is 18.6. The van der Waals surface area contributed by atoms with Crippen molar-refractivity contribution in [3.8, 4) is 17.2 Å². The van der Waals surface area contributed by atoms with Crippen molar-refractivity contribution in [1.82, 2.24) is 0 Å². The number of benzene rings is 3. The Morgan fingerprint density at radius 2 is 1.48 bits per heavy atom. The lowest BCUT2D eigenvalue weighted by Gasteiger charge is -2.20. The van der Waals surface area contributed by atoms with Crippen LogP contribution in [0.4, 0.5) is 5.69 Å². The summed E-state index contributed by atoms with van der Waals surface area (Å²) >= 11 is 5.95. The number of nitrogens with zero attached hydrogens (tertiary/aromatic N) is 1. The third-order valence-corrected chi connectivity index (χ3v) is 6.55. The van der Waals surface area contributed by atoms with Gasteiger partial charge < -0.3 is 14.2 Å². The Kier molecular flexibility index (Phi) is 6.72. The lowest BCUT2D eigenvalue weighted by molar-refractivity contribution is 0.0731. The molecule has 7 nitrogen and oxygen atoms in total. The summed E-state index contributed by atoms with van der Waals surface area (Å²) in [5.41, 5.74) is 0.578. The molecule has 0 aliphatic carbocycles. The minimum Gasteiger partial charge on any atom is -0.497 e. The number of methoxy groups -OCH3 is 2. The maximum Gasteiger partial charge on any atom is 0.347 e. The van der Waals surface area contributed by atoms with Crippen LogP contribution in [0.3, 0.4) is 0 Å². The van der Waals surface area contributed by atoms with Crippen LogP contribution in [-0.2, 0) is 10.0 Å². The molecule has 0 aliphatic rings. The molecule has 9 heteroatoms. The van der Waals surface area contributed by atoms with Gasteiger partial charge in [-0.05, 0) is 66.7 Å². The van der Waals surface area contributed by atoms with Crippen molar-refractivity contribution in [1.29, 1.82) is 0 Å². The van der Waals surface area contributed by atoms with Crippen molar-refractivity contribution in [2.75, 3.05) is 25.6 Å². The van der Waals surface area contributed by atoms with Gasteiger partial charge in [0.2, 0.25) is 0 Å². The molecule has 0 radical (unpaired) electrons. The van der Waals surface area contributed by atoms with E-state index in [2.05, 4.69) is 0 Å². The number of ether oxygens (including phenoxy) is 3. The van der Waals surface area contributed by atoms with Gasteiger partial charge in [-0.3, -0.25) is 4.31 Å². The van der Waals surface area contributed by atoms with Gasteiger partial charge in [-0.25, -0.2) is 13.2 Å². The molecule has 0 N–H and O–H groups in total. The molecule has 162 valence electrons. The Bertz CT molecular complexity index is 1180. The molecule has 0 bridgehead atoms. The van der Waals surface area contributed by atoms with E-state index < -0.39 is 16.0 Å². The van der Waals surface area contributed by atoms with E-state index in [0.29, 0.717) is 22.2 Å². The molecule has 3 rings (SSSR count). The second kappa shape index (κ2) is 9.28. The molecule has 0 saturated heterocycles. The predicted molar refractivity (Wildman–Crippen MR) is 118 cm³/mol. The van der Waals surface area contributed by atoms with E-state index in [-0.39, 0.29) is 16.2 Å². The van der Waals surface area contributed by atoms with Gasteiger partial charge in [-0.15, -0.1) is 0 Å². The fraction of sp³-hybridized carbons (Fsp3) is 0.136. The minimum atomic E-state index is -3.77. The third-order valence-electron chi connectivity index (χ3n) is 4.51. The van der Waals surface area contributed by atoms with Crippen LogP contribution in [0.25, 0.3) is 0 Å². The van der Waals surface area contributed by atoms with Gasteiger partial charge in [0.05, 0.1) is 24.8 Å². The van der Waals surface area contributed by atoms with Gasteiger partial charge in [-0.1, -0.05) is 11.6 Å². The van der Waals surface area contributed by atoms with Crippen molar-refractivity contribution >= 4 is 33.3 Å². The normalized spacial score (nSPS) is 11.0. The third kappa shape index (κ3) is 4.92. The van der Waals surface area contributed by atoms with Crippen LogP contribution in [0, 0.1) is 0 Å². The quantitative estimate of drug-likeness (QED) is 0.383. The topological polar surface area (TPSA) is 82.1 Å². The Morgan fingerprint density at radius 1 is 0.871 bits per heavy atom. The number of carbonyl (C=O) groups is 1. The van der Waals surface area contributed by atoms with Crippen LogP contribution in [0.5, 0.6) is 17.2 Å². The van der Waals surface area contributed by atoms with E-state index in [4.69, 9.17) is 25.8 Å². The summed E-state index contributed by atoms with van der Waals surface area (Å²) in [6.45, 7) is 0. The van der Waals surface area contributed by atoms with Crippen molar-refractivity contribution < 1.29 is 27.4 Å². The first-order valence-electron chi connectivity index (χ1n) is 9.05. The number of esters is 1. The lowest BCUT2D eigenvalue weighted by atomic mass is 10.2. The molecule has 3 aromatic rings. The first-order valence-corrected chi connectivity index (χ1v) is 10.9. The number of sulfonamides is 1. The first kappa shape index (κ1) is 22.5. The maximum absolute atomic E-state index is 12.9. The van der Waals surface area contributed by atoms with Crippen LogP contribution in [0.15, 0.2) is 71.6 Å². The molecule has 0 amide bonds. The Morgan fingerprint density at radius 3 is 2.06 bits per heavy atom. The van der Waals surface area contributed by atoms with Crippen molar-refractivity contribution in [2.45, 2.75) is 4.90 Å². The minimum absolute atomic E-state index is 0.124. The van der Waals surface area contributed by atoms with Gasteiger partial charge in [0, 0.05) is 12.1 Å². The molecule has 31 heavy (non-hydrogen) atoms. The number of hydrogen-bond acceptors (Lipinski definition) is 6. The summed E-state index contributed by atoms with van der Waals surface area (Å²) in [6.07, 6.45) is 0. The Hall–Kier alpha value is -3.23. The number of carbonyl (C=O) groups excluding carboxylic acids is 1. The largest absolute Gasteiger partial charge is 0.497 e. The number of halogens is 1. The zero-order valence-electron chi connectivity index (χ0n) is 17.0. The second-order valence-electron chi connectivity index (χ2n) is 6.38. The van der Waals surface area contributed by atoms with E-state index in [9.17, 15) is 13.2 Å². The van der Waals surface area contributed by atoms with Gasteiger partial charge >= 0.3 is 5.97 Å². The van der Waals surface area contributed by atoms with Gasteiger partial charge in [0.15, 0.2) is 0 Å². The van der Waals surface area contributed by atoms with Crippen LogP contribution in [0.1, 0.15) is 10.4 Å². The van der Waals surface area contributed by atoms with Crippen LogP contribution < -0.4 is 18.5 Å². The van der Waals surface area contributed by atoms with Crippen molar-refractivity contribution in [3.63, 3.8) is 0 Å². The highest BCUT2D eigenvalue weighted by molar-refractivity contribution is 7.92. The molecule has 0 fully saturated rings. The SMILES string of the molecule is COc1ccc(S(=O)(=O)N(C)c2ccc(OC(=O)c3cc(Cl)ccc3OC)cc2)cc1. The molecular formula is C22H20ClNO6S. The highest BCUT2D eigenvalue weighted by Gasteiger charge is 2.22. The Balaban J connectivity index is 1.77. The molecule has 3 aromatic carbocycles. The highest BCUT2D eigenvalue weighted by Crippen LogP contribution is 2.27. The molecule has 0 aromatic heterocycles. The Labute approximate surface area is 185 Å². The monoisotopic (exact) mass is 461 g/mol. The molecule has 0 aliphatic heterocycles. The number of rotatable bonds is 7. The summed E-state index contributed by atoms with van der Waals surface area (Å²) in [4.78, 5) is 12.6. The number of anilines is 1. The summed E-state index contributed by atoms with van der Waals surface area (Å²) < 4.78 is 42.4. The summed E-state index contributed by atoms with van der Waals surface area (Å²) in [5, 5.41) is 0.369. The molecule has 0 heterocycles. The van der Waals surface area contributed by atoms with Gasteiger partial charge in [-0.2, -0.15) is 0 Å². The van der Waals surface area contributed by atoms with Crippen molar-refractivity contribution in [3.05, 3.63) is 77.3 Å². The van der Waals surface area contributed by atoms with Gasteiger partial charge in [0.25, 0.3) is 10.0 Å². The number of hydrogen-bond donors (Lipinski definition) is 0. The van der Waals surface area contributed by atoms with E-state index in [1.165, 1.54) is 51.6 Å². The fourth-order valence-electron chi connectivity index (χ4n) is 2.77. The average Bonchev–Trinajstić information content (AvgIpc) is 2.79. The molecule has 0 spiro atoms. The van der Waals surface area contributed by atoms with Crippen LogP contribution in [-0.4, -0.2) is 35.7 Å². The van der Waals surface area contributed by atoms with Crippen LogP contribution in [0.2, 0.25) is 5.02 Å². The lowest BCUT2D eigenvalue weighted by Crippen LogP contribution is -2.26. The van der Waals surface area contributed by atoms with Gasteiger partial charge in [0.1, 0.15) is 22.8 Å². The molecule has 0 unspecified atom stereocenters. The molecule has 0 saturated carbocycles. The summed E-state index contributed by atoms with van der Waals surface area (Å²) in [5.74, 6) is 0.484. The first-order chi connectivity index (χ1) is 14.8. The standard InChI is InChI=1S/C22H20ClNO6S/c1-24(31(26,27)19-11-9-17(28-2)10-12-19)16-5-7-18(8-6-16)30-22(25)20-14-15(23)4-13-21(20)29-3/h4-14H,1-3H3. The fourth-order valence-corrected chi connectivity index (χ4v) is 4.14. The van der Waals surface area contributed by atoms with E-state index in [1.807, 2.05) is 0 Å². The maximum atomic E-state index is 12.9. The van der Waals surface area contributed by atoms with Crippen molar-refractivity contribution in [2.24, 2.45) is 0 Å². The highest BCUT2D eigenvalue weighted by atomic mass is 35.5. The predicted octanol–water partition coefficient (Wildman–Crippen LogP) is 4.40. The van der Waals surface area contributed by atoms with Crippen LogP contribution >= 0.6 is 11.6 Å². The second-order valence-corrected chi connectivity index (χ2v) is 8.78. The van der Waals surface area contributed by atoms with E-state index in [0.717, 1.165) is 4.31 Å². The average molecular weight is 462 g/mol. The smallest absolute Gasteiger partial charge is 0.347 e. The van der Waals surface area contributed by atoms with E-state index in [1.54, 1.807) is 36.4 Å². The summed E-state index contributed by atoms with van der Waals surface area (Å²) in [7, 11) is 0.616. The molecular weight excluding hydrogens is 442 g/mol. The zero-order chi connectivity index (χ0) is 22.6. The van der Waals surface area contributed by atoms with E-state index >= 15 is 0 Å².